The summed E-state index contributed by atoms with van der Waals surface area (Å²) in [5.74, 6) is -6.99. The van der Waals surface area contributed by atoms with E-state index in [1.807, 2.05) is 0 Å². The van der Waals surface area contributed by atoms with Crippen LogP contribution in [0, 0.1) is 0 Å². The van der Waals surface area contributed by atoms with Gasteiger partial charge in [-0.15, -0.1) is 6.58 Å². The van der Waals surface area contributed by atoms with Gasteiger partial charge < -0.3 is 9.47 Å². The Kier molecular flexibility index (Phi) is 11.2. The van der Waals surface area contributed by atoms with Crippen molar-refractivity contribution in [2.45, 2.75) is 60.5 Å². The fourth-order valence-corrected chi connectivity index (χ4v) is 3.41. The molecule has 0 spiro atoms. The molecule has 0 fully saturated rings. The topological polar surface area (TPSA) is 52.6 Å². The quantitative estimate of drug-likeness (QED) is 0.138. The fourth-order valence-electron chi connectivity index (χ4n) is 3.41. The van der Waals surface area contributed by atoms with Gasteiger partial charge in [0, 0.05) is 0 Å². The summed E-state index contributed by atoms with van der Waals surface area (Å²) in [6, 6.07) is 0. The third kappa shape index (κ3) is 5.40. The number of ketones is 2. The second-order valence-electron chi connectivity index (χ2n) is 8.21. The molecule has 0 aliphatic carbocycles. The van der Waals surface area contributed by atoms with Gasteiger partial charge in [0.1, 0.15) is 6.10 Å². The first-order chi connectivity index (χ1) is 17.3. The van der Waals surface area contributed by atoms with Crippen LogP contribution in [-0.4, -0.2) is 64.8 Å². The van der Waals surface area contributed by atoms with Crippen molar-refractivity contribution in [2.24, 2.45) is 0 Å². The monoisotopic (exact) mass is 552 g/mol. The van der Waals surface area contributed by atoms with Crippen molar-refractivity contribution in [1.29, 1.82) is 0 Å². The van der Waals surface area contributed by atoms with E-state index in [1.165, 1.54) is 0 Å². The molecular formula is C27H31F7O4. The highest BCUT2D eigenvalue weighted by Gasteiger charge is 2.73. The van der Waals surface area contributed by atoms with Crippen LogP contribution >= 0.6 is 0 Å². The number of hydrogen-bond donors (Lipinski definition) is 0. The van der Waals surface area contributed by atoms with Crippen LogP contribution in [0.2, 0.25) is 0 Å². The second-order valence-corrected chi connectivity index (χ2v) is 8.21. The Hall–Kier alpha value is -3.05. The van der Waals surface area contributed by atoms with Crippen molar-refractivity contribution in [1.82, 2.24) is 0 Å². The zero-order chi connectivity index (χ0) is 30.4. The van der Waals surface area contributed by atoms with Crippen LogP contribution in [0.25, 0.3) is 0 Å². The Morgan fingerprint density at radius 2 is 1.16 bits per heavy atom. The molecule has 8 atom stereocenters. The van der Waals surface area contributed by atoms with Gasteiger partial charge in [0.05, 0.1) is 6.61 Å². The molecule has 0 N–H and O–H groups in total. The van der Waals surface area contributed by atoms with Crippen LogP contribution in [-0.2, 0) is 19.1 Å². The van der Waals surface area contributed by atoms with E-state index in [9.17, 15) is 18.4 Å². The van der Waals surface area contributed by atoms with Gasteiger partial charge >= 0.3 is 0 Å². The van der Waals surface area contributed by atoms with Crippen LogP contribution in [0.3, 0.4) is 0 Å². The molecule has 0 saturated heterocycles. The first-order valence-corrected chi connectivity index (χ1v) is 10.8. The lowest BCUT2D eigenvalue weighted by atomic mass is 9.70. The molecule has 0 rings (SSSR count). The number of ether oxygens (including phenoxy) is 2. The molecule has 0 aromatic rings. The predicted octanol–water partition coefficient (Wildman–Crippen LogP) is 6.37. The summed E-state index contributed by atoms with van der Waals surface area (Å²) in [4.78, 5) is 23.3. The van der Waals surface area contributed by atoms with Crippen LogP contribution in [0.5, 0.6) is 0 Å². The Bertz CT molecular complexity index is 1000. The average molecular weight is 553 g/mol. The van der Waals surface area contributed by atoms with Crippen molar-refractivity contribution < 1.29 is 49.8 Å². The minimum atomic E-state index is -4.44. The number of Topliss-reactive ketones (excluding diaryl/α,β-unsaturated/α-hetero) is 2. The number of carbonyl (C=O) groups excluding carboxylic acids is 2. The van der Waals surface area contributed by atoms with Crippen molar-refractivity contribution in [3.8, 4) is 0 Å². The summed E-state index contributed by atoms with van der Waals surface area (Å²) < 4.78 is 118. The van der Waals surface area contributed by atoms with Gasteiger partial charge in [-0.05, 0) is 50.3 Å². The van der Waals surface area contributed by atoms with Crippen LogP contribution < -0.4 is 0 Å². The van der Waals surface area contributed by atoms with Gasteiger partial charge in [0.25, 0.3) is 5.85 Å². The van der Waals surface area contributed by atoms with E-state index in [1.54, 1.807) is 0 Å². The molecule has 0 saturated carbocycles. The van der Waals surface area contributed by atoms with Gasteiger partial charge in [-0.1, -0.05) is 45.5 Å². The Morgan fingerprint density at radius 3 is 1.45 bits per heavy atom. The van der Waals surface area contributed by atoms with E-state index in [0.29, 0.717) is 19.1 Å². The zero-order valence-electron chi connectivity index (χ0n) is 21.1. The average Bonchev–Trinajstić information content (AvgIpc) is 2.91. The molecular weight excluding hydrogens is 521 g/mol. The van der Waals surface area contributed by atoms with Gasteiger partial charge in [-0.25, -0.2) is 30.7 Å². The molecule has 0 bridgehead atoms. The second kappa shape index (κ2) is 12.2. The molecule has 0 amide bonds. The maximum atomic E-state index is 16.5. The molecule has 212 valence electrons. The molecule has 8 unspecified atom stereocenters. The lowest BCUT2D eigenvalue weighted by Crippen LogP contribution is -2.69. The molecule has 0 aliphatic heterocycles. The standard InChI is InChI=1S/C27H31F7O4/c1-10-20(23(30,12-3)18(8)35)38-27(34,16-7)26(33,15-6)25(32,14-5)22(29,11-2)17-37-21(28)24(31,13-4)19(9)36/h10-16,20-21H,1-7,17H2,8-9H3. The number of allylic oxidation sites excluding steroid dienone is 1. The fraction of sp³-hybridized carbons (Fsp3) is 0.407. The first kappa shape index (κ1) is 35.0. The number of rotatable bonds is 19. The van der Waals surface area contributed by atoms with E-state index >= 15 is 22.0 Å². The summed E-state index contributed by atoms with van der Waals surface area (Å²) >= 11 is 0. The van der Waals surface area contributed by atoms with Crippen LogP contribution in [0.15, 0.2) is 88.6 Å². The van der Waals surface area contributed by atoms with Gasteiger partial charge in [0.2, 0.25) is 29.0 Å². The highest BCUT2D eigenvalue weighted by atomic mass is 19.2. The molecule has 11 heteroatoms. The van der Waals surface area contributed by atoms with Gasteiger partial charge in [-0.2, -0.15) is 0 Å². The summed E-state index contributed by atoms with van der Waals surface area (Å²) in [5.41, 5.74) is -19.5. The highest BCUT2D eigenvalue weighted by molar-refractivity contribution is 5.88. The lowest BCUT2D eigenvalue weighted by molar-refractivity contribution is -0.259. The maximum absolute atomic E-state index is 16.5. The van der Waals surface area contributed by atoms with E-state index in [2.05, 4.69) is 50.8 Å². The SMILES string of the molecule is C=CC(OC(F)(C=C)C(F)(C=C)C(F)(C=C)C(F)(C=C)COC(F)C(F)(C=C)C(C)=O)C(F)(C=C)C(C)=O. The summed E-state index contributed by atoms with van der Waals surface area (Å²) in [5, 5.41) is 0. The number of halogens is 7. The van der Waals surface area contributed by atoms with Crippen molar-refractivity contribution in [2.75, 3.05) is 6.61 Å². The summed E-state index contributed by atoms with van der Waals surface area (Å²) in [6.45, 7) is 20.5. The molecule has 0 heterocycles. The van der Waals surface area contributed by atoms with Gasteiger partial charge in [-0.3, -0.25) is 9.59 Å². The third-order valence-electron chi connectivity index (χ3n) is 6.15. The first-order valence-electron chi connectivity index (χ1n) is 10.8. The largest absolute Gasteiger partial charge is 0.341 e. The molecule has 4 nitrogen and oxygen atoms in total. The van der Waals surface area contributed by atoms with Gasteiger partial charge in [0.15, 0.2) is 17.2 Å². The number of carbonyl (C=O) groups is 2. The van der Waals surface area contributed by atoms with Crippen molar-refractivity contribution in [3.63, 3.8) is 0 Å². The van der Waals surface area contributed by atoms with Crippen LogP contribution in [0.4, 0.5) is 30.7 Å². The van der Waals surface area contributed by atoms with Crippen molar-refractivity contribution in [3.05, 3.63) is 88.6 Å². The van der Waals surface area contributed by atoms with E-state index in [4.69, 9.17) is 4.74 Å². The van der Waals surface area contributed by atoms with E-state index < -0.39 is 64.8 Å². The molecule has 0 radical (unpaired) electrons. The van der Waals surface area contributed by atoms with E-state index in [0.717, 1.165) is 6.92 Å². The van der Waals surface area contributed by atoms with Crippen molar-refractivity contribution >= 4 is 11.6 Å². The van der Waals surface area contributed by atoms with Crippen LogP contribution in [0.1, 0.15) is 13.8 Å². The third-order valence-corrected chi connectivity index (χ3v) is 6.15. The summed E-state index contributed by atoms with van der Waals surface area (Å²) in [6.07, 6.45) is -4.70. The molecule has 38 heavy (non-hydrogen) atoms. The highest BCUT2D eigenvalue weighted by Crippen LogP contribution is 2.53. The Morgan fingerprint density at radius 1 is 0.711 bits per heavy atom. The lowest BCUT2D eigenvalue weighted by Gasteiger charge is -2.49. The predicted molar refractivity (Wildman–Crippen MR) is 131 cm³/mol. The minimum Gasteiger partial charge on any atom is -0.341 e. The maximum Gasteiger partial charge on any atom is 0.270 e. The Balaban J connectivity index is 6.92. The molecule has 0 aromatic heterocycles. The smallest absolute Gasteiger partial charge is 0.270 e. The Labute approximate surface area is 217 Å². The number of hydrogen-bond acceptors (Lipinski definition) is 4. The minimum absolute atomic E-state index is 0.0188. The molecule has 0 aliphatic rings. The zero-order valence-corrected chi connectivity index (χ0v) is 21.1. The molecule has 0 aromatic carbocycles. The summed E-state index contributed by atoms with van der Waals surface area (Å²) in [7, 11) is 0. The number of alkyl halides is 7. The normalized spacial score (nSPS) is 22.6. The van der Waals surface area contributed by atoms with E-state index in [-0.39, 0.29) is 30.4 Å².